The van der Waals surface area contributed by atoms with Gasteiger partial charge in [0.2, 0.25) is 10.0 Å². The molecule has 7 nitrogen and oxygen atoms in total. The van der Waals surface area contributed by atoms with Crippen molar-refractivity contribution in [2.45, 2.75) is 30.0 Å². The van der Waals surface area contributed by atoms with Crippen LogP contribution in [0.1, 0.15) is 18.5 Å². The Labute approximate surface area is 172 Å². The summed E-state index contributed by atoms with van der Waals surface area (Å²) in [5.74, 6) is 0.915. The zero-order valence-corrected chi connectivity index (χ0v) is 17.1. The molecule has 0 aliphatic carbocycles. The van der Waals surface area contributed by atoms with E-state index < -0.39 is 32.7 Å². The van der Waals surface area contributed by atoms with Crippen molar-refractivity contribution in [3.05, 3.63) is 42.4 Å². The maximum absolute atomic E-state index is 13.0. The monoisotopic (exact) mass is 458 g/mol. The predicted octanol–water partition coefficient (Wildman–Crippen LogP) is 2.83. The van der Waals surface area contributed by atoms with E-state index in [1.807, 2.05) is 0 Å². The van der Waals surface area contributed by atoms with Gasteiger partial charge in [0.05, 0.1) is 5.69 Å². The number of hydrogen-bond acceptors (Lipinski definition) is 5. The predicted molar refractivity (Wildman–Crippen MR) is 106 cm³/mol. The number of H-pyrrole nitrogens is 1. The normalized spacial score (nSPS) is 20.5. The van der Waals surface area contributed by atoms with Crippen LogP contribution in [0.5, 0.6) is 0 Å². The number of alkyl halides is 3. The first-order valence-corrected chi connectivity index (χ1v) is 12.0. The van der Waals surface area contributed by atoms with Crippen LogP contribution in [0.4, 0.5) is 13.2 Å². The largest absolute Gasteiger partial charge is 0.431 e. The summed E-state index contributed by atoms with van der Waals surface area (Å²) in [6.07, 6.45) is -1.01. The molecular weight excluding hydrogens is 441 g/mol. The summed E-state index contributed by atoms with van der Waals surface area (Å²) in [4.78, 5) is 10.3. The van der Waals surface area contributed by atoms with Gasteiger partial charge >= 0.3 is 6.18 Å². The lowest BCUT2D eigenvalue weighted by Gasteiger charge is -2.22. The Bertz CT molecular complexity index is 1200. The molecule has 160 valence electrons. The highest BCUT2D eigenvalue weighted by Gasteiger charge is 2.33. The van der Waals surface area contributed by atoms with Crippen molar-refractivity contribution in [3.63, 3.8) is 0 Å². The van der Waals surface area contributed by atoms with Gasteiger partial charge in [0.15, 0.2) is 0 Å². The number of hydrogen-bond donors (Lipinski definition) is 2. The molecule has 0 radical (unpaired) electrons. The maximum Gasteiger partial charge on any atom is 0.431 e. The first-order chi connectivity index (χ1) is 14.1. The van der Waals surface area contributed by atoms with Crippen molar-refractivity contribution in [1.29, 1.82) is 0 Å². The van der Waals surface area contributed by atoms with E-state index in [4.69, 9.17) is 0 Å². The lowest BCUT2D eigenvalue weighted by Crippen LogP contribution is -2.39. The standard InChI is InChI=1S/C18H17F3N4O3S2/c19-18(20,21)16-9-14-13(3-6-22-17(14)24-16)15-2-1-12(10-23-15)30(27,28)25-11-4-7-29(26)8-5-11/h1-3,6,9-11,25H,4-5,7-8H2,(H,22,24). The van der Waals surface area contributed by atoms with E-state index >= 15 is 0 Å². The summed E-state index contributed by atoms with van der Waals surface area (Å²) < 4.78 is 78.2. The number of halogens is 3. The molecule has 4 rings (SSSR count). The molecule has 0 saturated carbocycles. The van der Waals surface area contributed by atoms with E-state index in [2.05, 4.69) is 19.7 Å². The quantitative estimate of drug-likeness (QED) is 0.626. The fourth-order valence-electron chi connectivity index (χ4n) is 3.30. The fourth-order valence-corrected chi connectivity index (χ4v) is 5.85. The highest BCUT2D eigenvalue weighted by molar-refractivity contribution is 7.89. The average molecular weight is 458 g/mol. The summed E-state index contributed by atoms with van der Waals surface area (Å²) in [7, 11) is -4.71. The third-order valence-corrected chi connectivity index (χ3v) is 7.76. The van der Waals surface area contributed by atoms with Crippen molar-refractivity contribution in [2.24, 2.45) is 0 Å². The second-order valence-electron chi connectivity index (χ2n) is 6.92. The molecule has 0 unspecified atom stereocenters. The van der Waals surface area contributed by atoms with Gasteiger partial charge in [-0.15, -0.1) is 0 Å². The van der Waals surface area contributed by atoms with Gasteiger partial charge in [-0.3, -0.25) is 9.19 Å². The molecule has 0 bridgehead atoms. The van der Waals surface area contributed by atoms with Gasteiger partial charge < -0.3 is 4.98 Å². The molecule has 1 saturated heterocycles. The molecule has 1 aliphatic heterocycles. The summed E-state index contributed by atoms with van der Waals surface area (Å²) in [5, 5.41) is 0.237. The second-order valence-corrected chi connectivity index (χ2v) is 10.3. The number of aromatic nitrogens is 3. The number of fused-ring (bicyclic) bond motifs is 1. The van der Waals surface area contributed by atoms with E-state index in [0.717, 1.165) is 6.07 Å². The molecule has 4 heterocycles. The molecule has 0 spiro atoms. The Hall–Kier alpha value is -2.31. The van der Waals surface area contributed by atoms with Gasteiger partial charge in [-0.2, -0.15) is 13.2 Å². The molecule has 3 aromatic rings. The molecule has 0 aromatic carbocycles. The molecule has 0 atom stereocenters. The smallest absolute Gasteiger partial charge is 0.336 e. The van der Waals surface area contributed by atoms with Gasteiger partial charge in [0.25, 0.3) is 0 Å². The Kier molecular flexibility index (Phi) is 5.41. The summed E-state index contributed by atoms with van der Waals surface area (Å²) in [6, 6.07) is 4.99. The van der Waals surface area contributed by atoms with Crippen LogP contribution in [-0.2, 0) is 27.0 Å². The molecule has 2 N–H and O–H groups in total. The molecule has 12 heteroatoms. The number of rotatable bonds is 4. The summed E-state index contributed by atoms with van der Waals surface area (Å²) in [5.41, 5.74) is -0.135. The molecule has 0 amide bonds. The van der Waals surface area contributed by atoms with Crippen LogP contribution in [0, 0.1) is 0 Å². The number of sulfonamides is 1. The SMILES string of the molecule is O=S1CCC(NS(=O)(=O)c2ccc(-c3ccnc4[nH]c(C(F)(F)F)cc34)nc2)CC1. The number of nitrogens with one attached hydrogen (secondary N) is 2. The van der Waals surface area contributed by atoms with Crippen LogP contribution >= 0.6 is 0 Å². The molecule has 1 aliphatic rings. The highest BCUT2D eigenvalue weighted by Crippen LogP contribution is 2.34. The van der Waals surface area contributed by atoms with Crippen LogP contribution in [0.25, 0.3) is 22.3 Å². The summed E-state index contributed by atoms with van der Waals surface area (Å²) >= 11 is 0. The molecule has 1 fully saturated rings. The third kappa shape index (κ3) is 4.25. The second kappa shape index (κ2) is 7.75. The Morgan fingerprint density at radius 1 is 1.13 bits per heavy atom. The minimum atomic E-state index is -4.54. The number of pyridine rings is 2. The minimum Gasteiger partial charge on any atom is -0.336 e. The lowest BCUT2D eigenvalue weighted by atomic mass is 10.1. The van der Waals surface area contributed by atoms with E-state index in [1.165, 1.54) is 30.6 Å². The Balaban J connectivity index is 1.61. The van der Waals surface area contributed by atoms with Crippen LogP contribution in [0.3, 0.4) is 0 Å². The van der Waals surface area contributed by atoms with Crippen LogP contribution < -0.4 is 4.72 Å². The van der Waals surface area contributed by atoms with E-state index in [1.54, 1.807) is 0 Å². The van der Waals surface area contributed by atoms with Crippen molar-refractivity contribution < 1.29 is 25.8 Å². The Morgan fingerprint density at radius 3 is 2.50 bits per heavy atom. The van der Waals surface area contributed by atoms with Gasteiger partial charge in [-0.1, -0.05) is 0 Å². The van der Waals surface area contributed by atoms with Crippen molar-refractivity contribution in [3.8, 4) is 11.3 Å². The molecular formula is C18H17F3N4O3S2. The minimum absolute atomic E-state index is 0.0479. The zero-order chi connectivity index (χ0) is 21.5. The third-order valence-electron chi connectivity index (χ3n) is 4.87. The van der Waals surface area contributed by atoms with Crippen molar-refractivity contribution >= 4 is 31.9 Å². The van der Waals surface area contributed by atoms with E-state index in [0.29, 0.717) is 35.6 Å². The Morgan fingerprint density at radius 2 is 1.87 bits per heavy atom. The topological polar surface area (TPSA) is 105 Å². The maximum atomic E-state index is 13.0. The first-order valence-electron chi connectivity index (χ1n) is 9.02. The van der Waals surface area contributed by atoms with Crippen LogP contribution in [0.15, 0.2) is 41.6 Å². The first kappa shape index (κ1) is 20.9. The number of aromatic amines is 1. The average Bonchev–Trinajstić information content (AvgIpc) is 3.15. The highest BCUT2D eigenvalue weighted by atomic mass is 32.2. The van der Waals surface area contributed by atoms with Gasteiger partial charge in [0.1, 0.15) is 16.2 Å². The van der Waals surface area contributed by atoms with E-state index in [9.17, 15) is 25.8 Å². The summed E-state index contributed by atoms with van der Waals surface area (Å²) in [6.45, 7) is 0. The lowest BCUT2D eigenvalue weighted by molar-refractivity contribution is -0.140. The fraction of sp³-hybridized carbons (Fsp3) is 0.333. The molecule has 3 aromatic heterocycles. The van der Waals surface area contributed by atoms with Gasteiger partial charge in [0, 0.05) is 51.7 Å². The van der Waals surface area contributed by atoms with Crippen LogP contribution in [0.2, 0.25) is 0 Å². The van der Waals surface area contributed by atoms with Crippen molar-refractivity contribution in [1.82, 2.24) is 19.7 Å². The molecule has 30 heavy (non-hydrogen) atoms. The zero-order valence-electron chi connectivity index (χ0n) is 15.4. The van der Waals surface area contributed by atoms with E-state index in [-0.39, 0.29) is 22.0 Å². The van der Waals surface area contributed by atoms with Gasteiger partial charge in [-0.05, 0) is 37.1 Å². The number of nitrogens with zero attached hydrogens (tertiary/aromatic N) is 2. The van der Waals surface area contributed by atoms with Crippen molar-refractivity contribution in [2.75, 3.05) is 11.5 Å². The van der Waals surface area contributed by atoms with Gasteiger partial charge in [-0.25, -0.2) is 18.1 Å². The van der Waals surface area contributed by atoms with Crippen LogP contribution in [-0.4, -0.2) is 45.1 Å².